The lowest BCUT2D eigenvalue weighted by Crippen LogP contribution is -2.41. The lowest BCUT2D eigenvalue weighted by Gasteiger charge is -2.06. The van der Waals surface area contributed by atoms with E-state index in [0.717, 1.165) is 27.8 Å². The van der Waals surface area contributed by atoms with Crippen LogP contribution in [0.4, 0.5) is 0 Å². The first-order valence-corrected chi connectivity index (χ1v) is 11.4. The van der Waals surface area contributed by atoms with Gasteiger partial charge in [-0.15, -0.1) is 11.3 Å². The zero-order valence-electron chi connectivity index (χ0n) is 18.5. The number of fused-ring (bicyclic) bond motifs is 2. The largest absolute Gasteiger partial charge is 0.350 e. The number of rotatable bonds is 4. The summed E-state index contributed by atoms with van der Waals surface area (Å²) in [4.78, 5) is 46.5. The number of nitrogens with zero attached hydrogens (tertiary/aromatic N) is 2. The number of amides is 2. The summed E-state index contributed by atoms with van der Waals surface area (Å²) in [6.45, 7) is 1.70. The van der Waals surface area contributed by atoms with Crippen LogP contribution in [-0.2, 0) is 13.5 Å². The Morgan fingerprint density at radius 3 is 2.53 bits per heavy atom. The van der Waals surface area contributed by atoms with Gasteiger partial charge in [-0.1, -0.05) is 48.5 Å². The van der Waals surface area contributed by atoms with Crippen LogP contribution in [0.3, 0.4) is 0 Å². The molecule has 170 valence electrons. The van der Waals surface area contributed by atoms with Crippen molar-refractivity contribution in [2.75, 3.05) is 0 Å². The topological polar surface area (TPSA) is 109 Å². The summed E-state index contributed by atoms with van der Waals surface area (Å²) in [5, 5.41) is 1.17. The molecular formula is C25H21N5O3S. The highest BCUT2D eigenvalue weighted by Gasteiger charge is 2.21. The Hall–Kier alpha value is -4.24. The summed E-state index contributed by atoms with van der Waals surface area (Å²) in [7, 11) is 1.86. The number of aromatic nitrogens is 3. The van der Waals surface area contributed by atoms with E-state index in [4.69, 9.17) is 0 Å². The predicted molar refractivity (Wildman–Crippen MR) is 132 cm³/mol. The highest BCUT2D eigenvalue weighted by atomic mass is 32.1. The number of thiophene rings is 1. The molecule has 3 N–H and O–H groups in total. The number of hydrazine groups is 1. The fourth-order valence-electron chi connectivity index (χ4n) is 4.04. The number of aromatic amines is 1. The molecule has 3 aromatic heterocycles. The molecule has 2 aromatic carbocycles. The molecule has 5 aromatic rings. The first-order chi connectivity index (χ1) is 16.4. The van der Waals surface area contributed by atoms with Crippen molar-refractivity contribution in [3.63, 3.8) is 0 Å². The predicted octanol–water partition coefficient (Wildman–Crippen LogP) is 3.45. The Morgan fingerprint density at radius 1 is 1.03 bits per heavy atom. The number of carbonyl (C=O) groups is 2. The van der Waals surface area contributed by atoms with Crippen molar-refractivity contribution in [3.8, 4) is 0 Å². The van der Waals surface area contributed by atoms with Crippen LogP contribution in [0, 0.1) is 6.92 Å². The smallest absolute Gasteiger partial charge is 0.280 e. The van der Waals surface area contributed by atoms with Crippen LogP contribution in [0.5, 0.6) is 0 Å². The van der Waals surface area contributed by atoms with Crippen molar-refractivity contribution in [1.29, 1.82) is 0 Å². The summed E-state index contributed by atoms with van der Waals surface area (Å²) in [5.74, 6) is -0.399. The van der Waals surface area contributed by atoms with Gasteiger partial charge in [-0.25, -0.2) is 4.98 Å². The van der Waals surface area contributed by atoms with Crippen LogP contribution in [0.2, 0.25) is 0 Å². The van der Waals surface area contributed by atoms with Gasteiger partial charge in [0.25, 0.3) is 17.4 Å². The molecule has 0 fully saturated rings. The van der Waals surface area contributed by atoms with Crippen LogP contribution < -0.4 is 16.4 Å². The zero-order valence-corrected chi connectivity index (χ0v) is 19.3. The Bertz CT molecular complexity index is 1610. The minimum atomic E-state index is -0.502. The molecule has 5 rings (SSSR count). The minimum absolute atomic E-state index is 0.288. The van der Waals surface area contributed by atoms with E-state index in [9.17, 15) is 14.4 Å². The van der Waals surface area contributed by atoms with Crippen molar-refractivity contribution < 1.29 is 9.59 Å². The van der Waals surface area contributed by atoms with Crippen molar-refractivity contribution in [2.24, 2.45) is 7.05 Å². The molecule has 2 amide bonds. The van der Waals surface area contributed by atoms with Crippen LogP contribution in [-0.4, -0.2) is 26.3 Å². The Balaban J connectivity index is 1.37. The minimum Gasteiger partial charge on any atom is -0.350 e. The van der Waals surface area contributed by atoms with Gasteiger partial charge in [-0.3, -0.25) is 25.2 Å². The molecule has 3 heterocycles. The molecule has 0 aliphatic heterocycles. The molecule has 0 bridgehead atoms. The highest BCUT2D eigenvalue weighted by molar-refractivity contribution is 7.20. The van der Waals surface area contributed by atoms with E-state index in [1.54, 1.807) is 13.1 Å². The molecule has 34 heavy (non-hydrogen) atoms. The molecule has 0 aliphatic rings. The monoisotopic (exact) mass is 471 g/mol. The number of benzene rings is 2. The van der Waals surface area contributed by atoms with E-state index < -0.39 is 11.8 Å². The second-order valence-electron chi connectivity index (χ2n) is 7.99. The molecule has 0 atom stereocenters. The van der Waals surface area contributed by atoms with Crippen LogP contribution in [0.25, 0.3) is 21.1 Å². The third-order valence-corrected chi connectivity index (χ3v) is 6.89. The second-order valence-corrected chi connectivity index (χ2v) is 8.99. The zero-order chi connectivity index (χ0) is 23.8. The van der Waals surface area contributed by atoms with Gasteiger partial charge in [0.1, 0.15) is 10.7 Å². The summed E-state index contributed by atoms with van der Waals surface area (Å²) < 4.78 is 1.85. The van der Waals surface area contributed by atoms with Gasteiger partial charge >= 0.3 is 0 Å². The molecular weight excluding hydrogens is 450 g/mol. The van der Waals surface area contributed by atoms with E-state index in [-0.39, 0.29) is 5.56 Å². The molecule has 0 radical (unpaired) electrons. The third kappa shape index (κ3) is 3.86. The SMILES string of the molecule is Cc1c(C(=O)NNC(=O)c2cn(C)c3ccccc23)sc2nc(Cc3ccccc3)[nH]c(=O)c12. The average Bonchev–Trinajstić information content (AvgIpc) is 3.35. The van der Waals surface area contributed by atoms with Crippen molar-refractivity contribution >= 4 is 44.3 Å². The summed E-state index contributed by atoms with van der Waals surface area (Å²) in [5.41, 5.74) is 7.57. The van der Waals surface area contributed by atoms with Gasteiger partial charge in [0.15, 0.2) is 0 Å². The van der Waals surface area contributed by atoms with E-state index >= 15 is 0 Å². The standard InChI is InChI=1S/C25H21N5O3S/c1-14-20-23(32)26-19(12-15-8-4-3-5-9-15)27-25(20)34-21(14)24(33)29-28-22(31)17-13-30(2)18-11-7-6-10-16(17)18/h3-11,13H,12H2,1-2H3,(H,28,31)(H,29,33)(H,26,27,32). The molecule has 0 unspecified atom stereocenters. The summed E-state index contributed by atoms with van der Waals surface area (Å²) >= 11 is 1.13. The average molecular weight is 472 g/mol. The molecule has 0 saturated heterocycles. The number of H-pyrrole nitrogens is 1. The molecule has 0 aliphatic carbocycles. The summed E-state index contributed by atoms with van der Waals surface area (Å²) in [6.07, 6.45) is 2.19. The molecule has 9 heteroatoms. The lowest BCUT2D eigenvalue weighted by molar-refractivity contribution is 0.0849. The van der Waals surface area contributed by atoms with Gasteiger partial charge in [-0.2, -0.15) is 0 Å². The number of carbonyl (C=O) groups excluding carboxylic acids is 2. The van der Waals surface area contributed by atoms with Crippen LogP contribution in [0.15, 0.2) is 65.6 Å². The lowest BCUT2D eigenvalue weighted by atomic mass is 10.1. The van der Waals surface area contributed by atoms with Gasteiger partial charge in [0.05, 0.1) is 15.8 Å². The highest BCUT2D eigenvalue weighted by Crippen LogP contribution is 2.27. The first-order valence-electron chi connectivity index (χ1n) is 10.6. The van der Waals surface area contributed by atoms with Crippen molar-refractivity contribution in [3.05, 3.63) is 98.5 Å². The van der Waals surface area contributed by atoms with E-state index in [1.165, 1.54) is 0 Å². The Kier molecular flexibility index (Phi) is 5.46. The van der Waals surface area contributed by atoms with E-state index in [1.807, 2.05) is 66.2 Å². The maximum absolute atomic E-state index is 12.9. The number of para-hydroxylation sites is 1. The molecule has 0 saturated carbocycles. The third-order valence-electron chi connectivity index (χ3n) is 5.70. The number of nitrogens with one attached hydrogen (secondary N) is 3. The van der Waals surface area contributed by atoms with E-state index in [2.05, 4.69) is 20.8 Å². The number of hydrogen-bond acceptors (Lipinski definition) is 5. The first kappa shape index (κ1) is 21.6. The van der Waals surface area contributed by atoms with Gasteiger partial charge in [0.2, 0.25) is 0 Å². The normalized spacial score (nSPS) is 11.1. The van der Waals surface area contributed by atoms with Crippen LogP contribution in [0.1, 0.15) is 37.0 Å². The number of hydrogen-bond donors (Lipinski definition) is 3. The molecule has 0 spiro atoms. The Morgan fingerprint density at radius 2 is 1.74 bits per heavy atom. The number of aryl methyl sites for hydroxylation is 2. The van der Waals surface area contributed by atoms with Gasteiger partial charge in [0, 0.05) is 30.6 Å². The molecule has 8 nitrogen and oxygen atoms in total. The Labute approximate surface area is 198 Å². The maximum Gasteiger partial charge on any atom is 0.280 e. The van der Waals surface area contributed by atoms with E-state index in [0.29, 0.717) is 38.5 Å². The quantitative estimate of drug-likeness (QED) is 0.349. The van der Waals surface area contributed by atoms with Crippen molar-refractivity contribution in [1.82, 2.24) is 25.4 Å². The van der Waals surface area contributed by atoms with Crippen LogP contribution >= 0.6 is 11.3 Å². The van der Waals surface area contributed by atoms with Gasteiger partial charge in [-0.05, 0) is 24.1 Å². The summed E-state index contributed by atoms with van der Waals surface area (Å²) in [6, 6.07) is 17.2. The second kappa shape index (κ2) is 8.60. The fraction of sp³-hybridized carbons (Fsp3) is 0.120. The van der Waals surface area contributed by atoms with Gasteiger partial charge < -0.3 is 9.55 Å². The fourth-order valence-corrected chi connectivity index (χ4v) is 5.13. The van der Waals surface area contributed by atoms with Crippen molar-refractivity contribution in [2.45, 2.75) is 13.3 Å². The maximum atomic E-state index is 12.9.